The molecule has 0 N–H and O–H groups in total. The maximum Gasteiger partial charge on any atom is 0.266 e. The van der Waals surface area contributed by atoms with Crippen LogP contribution in [-0.2, 0) is 9.05 Å². The molecule has 0 unspecified atom stereocenters. The van der Waals surface area contributed by atoms with Crippen molar-refractivity contribution >= 4 is 35.7 Å². The van der Waals surface area contributed by atoms with E-state index in [0.29, 0.717) is 23.4 Å². The zero-order chi connectivity index (χ0) is 11.1. The standard InChI is InChI=1S/C8H6BrClO4S/c9-5-1-2-6-7(14-4-3-13-6)8(5)15(10,11)12/h1-2H,3-4H2. The van der Waals surface area contributed by atoms with Crippen molar-refractivity contribution < 1.29 is 17.9 Å². The Bertz CT molecular complexity index is 500. The first-order chi connectivity index (χ1) is 7.00. The van der Waals surface area contributed by atoms with E-state index in [4.69, 9.17) is 20.2 Å². The summed E-state index contributed by atoms with van der Waals surface area (Å²) in [5.74, 6) is 0.564. The zero-order valence-electron chi connectivity index (χ0n) is 7.37. The maximum absolute atomic E-state index is 11.3. The number of benzene rings is 1. The van der Waals surface area contributed by atoms with Crippen molar-refractivity contribution in [2.24, 2.45) is 0 Å². The lowest BCUT2D eigenvalue weighted by atomic mass is 10.3. The van der Waals surface area contributed by atoms with Gasteiger partial charge in [-0.25, -0.2) is 8.42 Å². The molecular weight excluding hydrogens is 308 g/mol. The summed E-state index contributed by atoms with van der Waals surface area (Å²) < 4.78 is 33.5. The third-order valence-corrected chi connectivity index (χ3v) is 4.14. The van der Waals surface area contributed by atoms with Gasteiger partial charge in [-0.2, -0.15) is 0 Å². The minimum atomic E-state index is -3.85. The monoisotopic (exact) mass is 312 g/mol. The molecule has 0 saturated carbocycles. The van der Waals surface area contributed by atoms with Gasteiger partial charge in [0.1, 0.15) is 18.1 Å². The van der Waals surface area contributed by atoms with Crippen LogP contribution in [-0.4, -0.2) is 21.6 Å². The second-order valence-corrected chi connectivity index (χ2v) is 6.20. The largest absolute Gasteiger partial charge is 0.486 e. The molecule has 7 heteroatoms. The second-order valence-electron chi connectivity index (χ2n) is 2.84. The van der Waals surface area contributed by atoms with Gasteiger partial charge >= 0.3 is 0 Å². The van der Waals surface area contributed by atoms with E-state index in [1.165, 1.54) is 0 Å². The zero-order valence-corrected chi connectivity index (χ0v) is 10.5. The molecule has 2 rings (SSSR count). The predicted octanol–water partition coefficient (Wildman–Crippen LogP) is 2.15. The number of rotatable bonds is 1. The van der Waals surface area contributed by atoms with Gasteiger partial charge in [-0.05, 0) is 28.1 Å². The molecule has 0 aliphatic carbocycles. The quantitative estimate of drug-likeness (QED) is 0.746. The number of halogens is 2. The summed E-state index contributed by atoms with van der Waals surface area (Å²) >= 11 is 3.11. The van der Waals surface area contributed by atoms with Crippen LogP contribution in [0.15, 0.2) is 21.5 Å². The van der Waals surface area contributed by atoms with E-state index in [1.54, 1.807) is 12.1 Å². The van der Waals surface area contributed by atoms with E-state index in [9.17, 15) is 8.42 Å². The Morgan fingerprint density at radius 3 is 2.60 bits per heavy atom. The fraction of sp³-hybridized carbons (Fsp3) is 0.250. The Morgan fingerprint density at radius 1 is 1.27 bits per heavy atom. The Hall–Kier alpha value is -0.460. The van der Waals surface area contributed by atoms with Crippen molar-refractivity contribution in [2.75, 3.05) is 13.2 Å². The highest BCUT2D eigenvalue weighted by atomic mass is 79.9. The summed E-state index contributed by atoms with van der Waals surface area (Å²) in [4.78, 5) is -0.0821. The summed E-state index contributed by atoms with van der Waals surface area (Å²) in [5.41, 5.74) is 0. The first-order valence-electron chi connectivity index (χ1n) is 4.03. The van der Waals surface area contributed by atoms with E-state index in [-0.39, 0.29) is 10.6 Å². The smallest absolute Gasteiger partial charge is 0.266 e. The van der Waals surface area contributed by atoms with Gasteiger partial charge in [0, 0.05) is 15.2 Å². The normalized spacial score (nSPS) is 15.1. The third-order valence-electron chi connectivity index (χ3n) is 1.86. The first kappa shape index (κ1) is 11.0. The molecule has 0 fully saturated rings. The van der Waals surface area contributed by atoms with Crippen molar-refractivity contribution in [1.29, 1.82) is 0 Å². The molecule has 1 aliphatic rings. The number of hydrogen-bond acceptors (Lipinski definition) is 4. The van der Waals surface area contributed by atoms with Gasteiger partial charge in [0.2, 0.25) is 0 Å². The molecule has 0 aromatic heterocycles. The second kappa shape index (κ2) is 3.84. The molecule has 1 aliphatic heterocycles. The average molecular weight is 314 g/mol. The molecule has 0 atom stereocenters. The van der Waals surface area contributed by atoms with Crippen LogP contribution in [0.4, 0.5) is 0 Å². The van der Waals surface area contributed by atoms with Gasteiger partial charge in [0.25, 0.3) is 9.05 Å². The molecule has 0 radical (unpaired) electrons. The fourth-order valence-corrected chi connectivity index (χ4v) is 3.67. The fourth-order valence-electron chi connectivity index (χ4n) is 1.29. The third kappa shape index (κ3) is 2.07. The summed E-state index contributed by atoms with van der Waals surface area (Å²) in [6.45, 7) is 0.708. The summed E-state index contributed by atoms with van der Waals surface area (Å²) in [6, 6.07) is 3.19. The summed E-state index contributed by atoms with van der Waals surface area (Å²) in [6.07, 6.45) is 0. The van der Waals surface area contributed by atoms with Crippen LogP contribution >= 0.6 is 26.6 Å². The number of ether oxygens (including phenoxy) is 2. The van der Waals surface area contributed by atoms with Crippen LogP contribution in [0, 0.1) is 0 Å². The molecule has 1 aromatic rings. The highest BCUT2D eigenvalue weighted by molar-refractivity contribution is 9.10. The van der Waals surface area contributed by atoms with Crippen molar-refractivity contribution in [2.45, 2.75) is 4.90 Å². The molecule has 0 spiro atoms. The van der Waals surface area contributed by atoms with Crippen LogP contribution in [0.2, 0.25) is 0 Å². The topological polar surface area (TPSA) is 52.6 Å². The van der Waals surface area contributed by atoms with Gasteiger partial charge < -0.3 is 9.47 Å². The van der Waals surface area contributed by atoms with E-state index in [2.05, 4.69) is 15.9 Å². The molecule has 0 bridgehead atoms. The van der Waals surface area contributed by atoms with Crippen molar-refractivity contribution in [3.05, 3.63) is 16.6 Å². The van der Waals surface area contributed by atoms with E-state index in [0.717, 1.165) is 0 Å². The molecule has 0 amide bonds. The molecule has 15 heavy (non-hydrogen) atoms. The highest BCUT2D eigenvalue weighted by Crippen LogP contribution is 2.42. The Balaban J connectivity index is 2.71. The lowest BCUT2D eigenvalue weighted by Crippen LogP contribution is -2.17. The first-order valence-corrected chi connectivity index (χ1v) is 7.13. The molecule has 4 nitrogen and oxygen atoms in total. The minimum Gasteiger partial charge on any atom is -0.486 e. The van der Waals surface area contributed by atoms with Gasteiger partial charge in [0.15, 0.2) is 11.5 Å². The minimum absolute atomic E-state index is 0.0821. The molecule has 1 heterocycles. The Morgan fingerprint density at radius 2 is 1.93 bits per heavy atom. The van der Waals surface area contributed by atoms with Crippen LogP contribution in [0.1, 0.15) is 0 Å². The van der Waals surface area contributed by atoms with E-state index in [1.807, 2.05) is 0 Å². The number of fused-ring (bicyclic) bond motifs is 1. The Labute approximate surface area is 99.7 Å². The van der Waals surface area contributed by atoms with Gasteiger partial charge in [-0.1, -0.05) is 0 Å². The van der Waals surface area contributed by atoms with Crippen LogP contribution in [0.5, 0.6) is 11.5 Å². The molecular formula is C8H6BrClO4S. The van der Waals surface area contributed by atoms with Gasteiger partial charge in [0.05, 0.1) is 0 Å². The molecule has 1 aromatic carbocycles. The van der Waals surface area contributed by atoms with Crippen LogP contribution < -0.4 is 9.47 Å². The Kier molecular flexibility index (Phi) is 2.83. The van der Waals surface area contributed by atoms with Crippen molar-refractivity contribution in [3.63, 3.8) is 0 Å². The lowest BCUT2D eigenvalue weighted by Gasteiger charge is -2.20. The number of hydrogen-bond donors (Lipinski definition) is 0. The summed E-state index contributed by atoms with van der Waals surface area (Å²) in [5, 5.41) is 0. The van der Waals surface area contributed by atoms with Crippen molar-refractivity contribution in [3.8, 4) is 11.5 Å². The van der Waals surface area contributed by atoms with Crippen molar-refractivity contribution in [1.82, 2.24) is 0 Å². The predicted molar refractivity (Wildman–Crippen MR) is 58.2 cm³/mol. The lowest BCUT2D eigenvalue weighted by molar-refractivity contribution is 0.167. The average Bonchev–Trinajstić information content (AvgIpc) is 2.15. The maximum atomic E-state index is 11.3. The summed E-state index contributed by atoms with van der Waals surface area (Å²) in [7, 11) is 1.45. The highest BCUT2D eigenvalue weighted by Gasteiger charge is 2.26. The van der Waals surface area contributed by atoms with Crippen LogP contribution in [0.3, 0.4) is 0 Å². The van der Waals surface area contributed by atoms with E-state index < -0.39 is 9.05 Å². The SMILES string of the molecule is O=S(=O)(Cl)c1c(Br)ccc2c1OCCO2. The van der Waals surface area contributed by atoms with Crippen LogP contribution in [0.25, 0.3) is 0 Å². The van der Waals surface area contributed by atoms with E-state index >= 15 is 0 Å². The van der Waals surface area contributed by atoms with Gasteiger partial charge in [-0.15, -0.1) is 0 Å². The van der Waals surface area contributed by atoms with Gasteiger partial charge in [-0.3, -0.25) is 0 Å². The molecule has 0 saturated heterocycles. The molecule has 82 valence electrons.